The van der Waals surface area contributed by atoms with E-state index in [1.165, 1.54) is 4.90 Å². The molecule has 0 saturated heterocycles. The maximum absolute atomic E-state index is 12.9. The van der Waals surface area contributed by atoms with Crippen LogP contribution in [0.4, 0.5) is 0 Å². The summed E-state index contributed by atoms with van der Waals surface area (Å²) in [6, 6.07) is 12.8. The van der Waals surface area contributed by atoms with Gasteiger partial charge in [0.15, 0.2) is 6.61 Å². The molecule has 144 valence electrons. The predicted octanol–water partition coefficient (Wildman–Crippen LogP) is 3.61. The lowest BCUT2D eigenvalue weighted by Crippen LogP contribution is -2.48. The number of aryl methyl sites for hydroxylation is 1. The molecule has 5 nitrogen and oxygen atoms in total. The summed E-state index contributed by atoms with van der Waals surface area (Å²) < 4.78 is 6.71. The van der Waals surface area contributed by atoms with Crippen molar-refractivity contribution in [2.75, 3.05) is 13.7 Å². The average molecular weight is 433 g/mol. The van der Waals surface area contributed by atoms with Crippen LogP contribution in [0.2, 0.25) is 0 Å². The van der Waals surface area contributed by atoms with Gasteiger partial charge in [-0.15, -0.1) is 0 Å². The monoisotopic (exact) mass is 432 g/mol. The summed E-state index contributed by atoms with van der Waals surface area (Å²) in [7, 11) is 1.56. The number of benzene rings is 2. The predicted molar refractivity (Wildman–Crippen MR) is 110 cm³/mol. The van der Waals surface area contributed by atoms with Crippen molar-refractivity contribution < 1.29 is 14.3 Å². The summed E-state index contributed by atoms with van der Waals surface area (Å²) in [5.41, 5.74) is 3.04. The summed E-state index contributed by atoms with van der Waals surface area (Å²) in [4.78, 5) is 26.5. The number of rotatable bonds is 7. The molecule has 27 heavy (non-hydrogen) atoms. The van der Waals surface area contributed by atoms with Crippen LogP contribution >= 0.6 is 15.9 Å². The summed E-state index contributed by atoms with van der Waals surface area (Å²) in [5, 5.41) is 2.60. The van der Waals surface area contributed by atoms with Gasteiger partial charge >= 0.3 is 0 Å². The lowest BCUT2D eigenvalue weighted by Gasteiger charge is -2.28. The van der Waals surface area contributed by atoms with Gasteiger partial charge in [-0.1, -0.05) is 40.2 Å². The molecule has 2 rings (SSSR count). The molecule has 2 aromatic carbocycles. The highest BCUT2D eigenvalue weighted by molar-refractivity contribution is 9.10. The Morgan fingerprint density at radius 2 is 1.81 bits per heavy atom. The minimum atomic E-state index is -0.603. The lowest BCUT2D eigenvalue weighted by molar-refractivity contribution is -0.142. The summed E-state index contributed by atoms with van der Waals surface area (Å²) in [5.74, 6) is 0.224. The fourth-order valence-electron chi connectivity index (χ4n) is 2.68. The average Bonchev–Trinajstić information content (AvgIpc) is 2.67. The Bertz CT molecular complexity index is 806. The van der Waals surface area contributed by atoms with Crippen molar-refractivity contribution in [3.63, 3.8) is 0 Å². The van der Waals surface area contributed by atoms with Gasteiger partial charge in [0.2, 0.25) is 5.91 Å². The molecule has 0 heterocycles. The molecular formula is C21H25BrN2O3. The first-order valence-corrected chi connectivity index (χ1v) is 9.57. The normalized spacial score (nSPS) is 11.6. The van der Waals surface area contributed by atoms with Crippen LogP contribution < -0.4 is 10.1 Å². The molecular weight excluding hydrogens is 408 g/mol. The van der Waals surface area contributed by atoms with Gasteiger partial charge in [-0.3, -0.25) is 9.59 Å². The van der Waals surface area contributed by atoms with Gasteiger partial charge in [0.05, 0.1) is 0 Å². The zero-order valence-corrected chi connectivity index (χ0v) is 17.7. The maximum Gasteiger partial charge on any atom is 0.261 e. The van der Waals surface area contributed by atoms with Crippen molar-refractivity contribution in [1.82, 2.24) is 10.2 Å². The SMILES string of the molecule is CNC(=O)[C@@H](C)N(Cc1ccc(Br)cc1)C(=O)COc1cccc(C)c1C. The molecule has 1 atom stereocenters. The Morgan fingerprint density at radius 1 is 1.15 bits per heavy atom. The summed E-state index contributed by atoms with van der Waals surface area (Å²) in [6.07, 6.45) is 0. The Kier molecular flexibility index (Phi) is 7.42. The second kappa shape index (κ2) is 9.55. The molecule has 0 unspecified atom stereocenters. The largest absolute Gasteiger partial charge is 0.483 e. The van der Waals surface area contributed by atoms with Crippen LogP contribution in [0.5, 0.6) is 5.75 Å². The molecule has 0 radical (unpaired) electrons. The molecule has 0 aliphatic heterocycles. The first-order valence-electron chi connectivity index (χ1n) is 8.78. The molecule has 0 aromatic heterocycles. The van der Waals surface area contributed by atoms with Crippen molar-refractivity contribution in [3.8, 4) is 5.75 Å². The van der Waals surface area contributed by atoms with Crippen LogP contribution in [-0.2, 0) is 16.1 Å². The van der Waals surface area contributed by atoms with E-state index in [0.29, 0.717) is 12.3 Å². The first-order chi connectivity index (χ1) is 12.8. The molecule has 1 N–H and O–H groups in total. The van der Waals surface area contributed by atoms with Crippen molar-refractivity contribution in [2.24, 2.45) is 0 Å². The third kappa shape index (κ3) is 5.57. The molecule has 6 heteroatoms. The fraction of sp³-hybridized carbons (Fsp3) is 0.333. The lowest BCUT2D eigenvalue weighted by atomic mass is 10.1. The Hall–Kier alpha value is -2.34. The molecule has 2 amide bonds. The van der Waals surface area contributed by atoms with Gasteiger partial charge in [0.1, 0.15) is 11.8 Å². The van der Waals surface area contributed by atoms with Gasteiger partial charge in [-0.05, 0) is 55.7 Å². The number of hydrogen-bond donors (Lipinski definition) is 1. The minimum absolute atomic E-state index is 0.123. The highest BCUT2D eigenvalue weighted by Crippen LogP contribution is 2.21. The van der Waals surface area contributed by atoms with Crippen molar-refractivity contribution in [2.45, 2.75) is 33.4 Å². The first kappa shape index (κ1) is 21.0. The number of carbonyl (C=O) groups excluding carboxylic acids is 2. The van der Waals surface area contributed by atoms with Gasteiger partial charge in [-0.25, -0.2) is 0 Å². The van der Waals surface area contributed by atoms with E-state index in [4.69, 9.17) is 4.74 Å². The van der Waals surface area contributed by atoms with E-state index in [2.05, 4.69) is 21.2 Å². The molecule has 0 spiro atoms. The number of nitrogens with zero attached hydrogens (tertiary/aromatic N) is 1. The number of hydrogen-bond acceptors (Lipinski definition) is 3. The molecule has 0 fully saturated rings. The highest BCUT2D eigenvalue weighted by Gasteiger charge is 2.26. The Labute approximate surface area is 168 Å². The van der Waals surface area contributed by atoms with Crippen molar-refractivity contribution in [3.05, 3.63) is 63.6 Å². The molecule has 0 saturated carbocycles. The van der Waals surface area contributed by atoms with E-state index in [1.54, 1.807) is 14.0 Å². The van der Waals surface area contributed by atoms with Gasteiger partial charge in [0.25, 0.3) is 5.91 Å². The zero-order chi connectivity index (χ0) is 20.0. The molecule has 0 bridgehead atoms. The number of amides is 2. The van der Waals surface area contributed by atoms with Gasteiger partial charge < -0.3 is 15.0 Å². The summed E-state index contributed by atoms with van der Waals surface area (Å²) >= 11 is 3.40. The van der Waals surface area contributed by atoms with Crippen LogP contribution in [-0.4, -0.2) is 36.4 Å². The van der Waals surface area contributed by atoms with Crippen LogP contribution in [0.25, 0.3) is 0 Å². The third-order valence-corrected chi connectivity index (χ3v) is 5.11. The second-order valence-electron chi connectivity index (χ2n) is 6.43. The topological polar surface area (TPSA) is 58.6 Å². The number of ether oxygens (including phenoxy) is 1. The zero-order valence-electron chi connectivity index (χ0n) is 16.1. The number of halogens is 1. The molecule has 0 aliphatic rings. The van der Waals surface area contributed by atoms with Crippen molar-refractivity contribution in [1.29, 1.82) is 0 Å². The standard InChI is InChI=1S/C21H25BrN2O3/c1-14-6-5-7-19(15(14)2)27-13-20(25)24(16(3)21(26)23-4)12-17-8-10-18(22)11-9-17/h5-11,16H,12-13H2,1-4H3,(H,23,26)/t16-/m1/s1. The van der Waals surface area contributed by atoms with E-state index in [9.17, 15) is 9.59 Å². The van der Waals surface area contributed by atoms with E-state index >= 15 is 0 Å². The van der Waals surface area contributed by atoms with Gasteiger partial charge in [0, 0.05) is 18.1 Å². The minimum Gasteiger partial charge on any atom is -0.483 e. The van der Waals surface area contributed by atoms with Crippen LogP contribution in [0.3, 0.4) is 0 Å². The Balaban J connectivity index is 2.15. The fourth-order valence-corrected chi connectivity index (χ4v) is 2.95. The Morgan fingerprint density at radius 3 is 2.44 bits per heavy atom. The smallest absolute Gasteiger partial charge is 0.261 e. The number of likely N-dealkylation sites (N-methyl/N-ethyl adjacent to an activating group) is 1. The van der Waals surface area contributed by atoms with E-state index < -0.39 is 6.04 Å². The van der Waals surface area contributed by atoms with Crippen LogP contribution in [0, 0.1) is 13.8 Å². The molecule has 2 aromatic rings. The molecule has 0 aliphatic carbocycles. The van der Waals surface area contributed by atoms with Gasteiger partial charge in [-0.2, -0.15) is 0 Å². The van der Waals surface area contributed by atoms with E-state index in [-0.39, 0.29) is 18.4 Å². The number of nitrogens with one attached hydrogen (secondary N) is 1. The maximum atomic E-state index is 12.9. The third-order valence-electron chi connectivity index (χ3n) is 4.59. The van der Waals surface area contributed by atoms with Crippen LogP contribution in [0.1, 0.15) is 23.6 Å². The van der Waals surface area contributed by atoms with E-state index in [0.717, 1.165) is 21.2 Å². The quantitative estimate of drug-likeness (QED) is 0.726. The highest BCUT2D eigenvalue weighted by atomic mass is 79.9. The van der Waals surface area contributed by atoms with Crippen molar-refractivity contribution >= 4 is 27.7 Å². The van der Waals surface area contributed by atoms with E-state index in [1.807, 2.05) is 56.3 Å². The second-order valence-corrected chi connectivity index (χ2v) is 7.34. The number of carbonyl (C=O) groups is 2. The summed E-state index contributed by atoms with van der Waals surface area (Å²) in [6.45, 7) is 5.88. The van der Waals surface area contributed by atoms with Crippen LogP contribution in [0.15, 0.2) is 46.9 Å².